The lowest BCUT2D eigenvalue weighted by molar-refractivity contribution is -0.117. The maximum atomic E-state index is 11.9. The lowest BCUT2D eigenvalue weighted by atomic mass is 10.1. The number of benzene rings is 1. The maximum Gasteiger partial charge on any atom is 0.330 e. The number of hydrogen-bond donors (Lipinski definition) is 5. The van der Waals surface area contributed by atoms with Crippen molar-refractivity contribution in [3.63, 3.8) is 0 Å². The highest BCUT2D eigenvalue weighted by Gasteiger charge is 2.43. The van der Waals surface area contributed by atoms with Crippen molar-refractivity contribution >= 4 is 33.6 Å². The number of anilines is 1. The SMILES string of the molecule is CCN(CC)CC(=O)Nc1c(C)cccc1C.O=c1[nH]c(=O)n([C@@H]2O[C@H](CO)[C@@H](O)[C@@H]2O)cc1/C=C/Br. The number of likely N-dealkylation sites (N-methyl/N-ethyl adjacent to an activating group) is 1. The second-order valence-electron chi connectivity index (χ2n) is 8.55. The van der Waals surface area contributed by atoms with Crippen LogP contribution in [0.4, 0.5) is 5.69 Å². The van der Waals surface area contributed by atoms with Crippen molar-refractivity contribution in [2.75, 3.05) is 31.6 Å². The molecule has 0 saturated carbocycles. The molecule has 11 nitrogen and oxygen atoms in total. The minimum absolute atomic E-state index is 0.0612. The number of aromatic nitrogens is 2. The van der Waals surface area contributed by atoms with E-state index in [0.29, 0.717) is 6.54 Å². The summed E-state index contributed by atoms with van der Waals surface area (Å²) >= 11 is 3.01. The van der Waals surface area contributed by atoms with Gasteiger partial charge in [-0.05, 0) is 49.1 Å². The van der Waals surface area contributed by atoms with Crippen LogP contribution in [-0.2, 0) is 9.53 Å². The Labute approximate surface area is 223 Å². The van der Waals surface area contributed by atoms with Crippen LogP contribution in [0, 0.1) is 13.8 Å². The van der Waals surface area contributed by atoms with Gasteiger partial charge in [0.2, 0.25) is 5.91 Å². The third-order valence-electron chi connectivity index (χ3n) is 6.04. The van der Waals surface area contributed by atoms with E-state index in [1.54, 1.807) is 0 Å². The molecule has 12 heteroatoms. The van der Waals surface area contributed by atoms with Crippen LogP contribution in [0.5, 0.6) is 0 Å². The fraction of sp³-hybridized carbons (Fsp3) is 0.480. The van der Waals surface area contributed by atoms with Crippen LogP contribution < -0.4 is 16.6 Å². The predicted molar refractivity (Wildman–Crippen MR) is 145 cm³/mol. The minimum Gasteiger partial charge on any atom is -0.394 e. The van der Waals surface area contributed by atoms with Crippen molar-refractivity contribution in [1.29, 1.82) is 0 Å². The van der Waals surface area contributed by atoms with Crippen molar-refractivity contribution in [3.05, 3.63) is 66.9 Å². The third kappa shape index (κ3) is 7.94. The lowest BCUT2D eigenvalue weighted by Gasteiger charge is -2.18. The number of aliphatic hydroxyl groups is 3. The number of para-hydroxylation sites is 1. The molecule has 0 bridgehead atoms. The molecular weight excluding hydrogens is 548 g/mol. The minimum atomic E-state index is -1.39. The number of carbonyl (C=O) groups is 1. The zero-order valence-corrected chi connectivity index (χ0v) is 22.9. The summed E-state index contributed by atoms with van der Waals surface area (Å²) in [6.07, 6.45) is -2.27. The highest BCUT2D eigenvalue weighted by atomic mass is 79.9. The number of amides is 1. The van der Waals surface area contributed by atoms with Crippen LogP contribution in [0.15, 0.2) is 39.0 Å². The molecule has 1 saturated heterocycles. The highest BCUT2D eigenvalue weighted by molar-refractivity contribution is 9.11. The van der Waals surface area contributed by atoms with Crippen molar-refractivity contribution in [2.45, 2.75) is 52.2 Å². The first-order valence-corrected chi connectivity index (χ1v) is 12.8. The molecule has 2 heterocycles. The Bertz CT molecular complexity index is 1170. The third-order valence-corrected chi connectivity index (χ3v) is 6.30. The number of nitrogens with one attached hydrogen (secondary N) is 2. The van der Waals surface area contributed by atoms with E-state index in [1.165, 1.54) is 17.3 Å². The molecule has 37 heavy (non-hydrogen) atoms. The van der Waals surface area contributed by atoms with Gasteiger partial charge in [-0.25, -0.2) is 4.79 Å². The predicted octanol–water partition coefficient (Wildman–Crippen LogP) is 1.10. The molecule has 1 aromatic heterocycles. The number of aryl methyl sites for hydroxylation is 2. The van der Waals surface area contributed by atoms with Crippen LogP contribution >= 0.6 is 15.9 Å². The Kier molecular flexibility index (Phi) is 11.9. The fourth-order valence-corrected chi connectivity index (χ4v) is 4.11. The summed E-state index contributed by atoms with van der Waals surface area (Å²) in [5, 5.41) is 31.5. The topological polar surface area (TPSA) is 157 Å². The van der Waals surface area contributed by atoms with Crippen molar-refractivity contribution < 1.29 is 24.9 Å². The van der Waals surface area contributed by atoms with Gasteiger partial charge in [0.05, 0.1) is 18.7 Å². The van der Waals surface area contributed by atoms with Gasteiger partial charge in [0.25, 0.3) is 5.56 Å². The number of nitrogens with zero attached hydrogens (tertiary/aromatic N) is 2. The van der Waals surface area contributed by atoms with E-state index >= 15 is 0 Å². The molecule has 1 fully saturated rings. The number of aromatic amines is 1. The quantitative estimate of drug-likeness (QED) is 0.309. The number of hydrogen-bond acceptors (Lipinski definition) is 8. The Morgan fingerprint density at radius 2 is 1.81 bits per heavy atom. The van der Waals surface area contributed by atoms with Gasteiger partial charge in [-0.15, -0.1) is 0 Å². The second kappa shape index (κ2) is 14.4. The highest BCUT2D eigenvalue weighted by Crippen LogP contribution is 2.28. The summed E-state index contributed by atoms with van der Waals surface area (Å²) in [6, 6.07) is 6.03. The number of halogens is 1. The van der Waals surface area contributed by atoms with Gasteiger partial charge in [-0.3, -0.25) is 24.0 Å². The van der Waals surface area contributed by atoms with Gasteiger partial charge in [0.15, 0.2) is 6.23 Å². The number of carbonyl (C=O) groups excluding carboxylic acids is 1. The van der Waals surface area contributed by atoms with Gasteiger partial charge in [-0.2, -0.15) is 0 Å². The summed E-state index contributed by atoms with van der Waals surface area (Å²) in [6.45, 7) is 9.92. The smallest absolute Gasteiger partial charge is 0.330 e. The van der Waals surface area contributed by atoms with Gasteiger partial charge < -0.3 is 25.4 Å². The monoisotopic (exact) mass is 582 g/mol. The van der Waals surface area contributed by atoms with Crippen LogP contribution in [-0.4, -0.2) is 80.2 Å². The Hall–Kier alpha value is -2.61. The first kappa shape index (κ1) is 30.6. The molecule has 204 valence electrons. The molecule has 1 aliphatic heterocycles. The van der Waals surface area contributed by atoms with Crippen LogP contribution in [0.1, 0.15) is 36.8 Å². The lowest BCUT2D eigenvalue weighted by Crippen LogP contribution is -2.38. The summed E-state index contributed by atoms with van der Waals surface area (Å²) in [7, 11) is 0. The molecule has 2 aromatic rings. The van der Waals surface area contributed by atoms with Crippen LogP contribution in [0.3, 0.4) is 0 Å². The van der Waals surface area contributed by atoms with Crippen LogP contribution in [0.2, 0.25) is 0 Å². The molecule has 0 spiro atoms. The molecule has 5 N–H and O–H groups in total. The number of H-pyrrole nitrogens is 1. The fourth-order valence-electron chi connectivity index (χ4n) is 3.83. The molecule has 0 unspecified atom stereocenters. The molecule has 1 amide bonds. The molecule has 0 aliphatic carbocycles. The summed E-state index contributed by atoms with van der Waals surface area (Å²) in [5.74, 6) is 0.0612. The van der Waals surface area contributed by atoms with Crippen molar-refractivity contribution in [3.8, 4) is 0 Å². The van der Waals surface area contributed by atoms with Crippen LogP contribution in [0.25, 0.3) is 6.08 Å². The summed E-state index contributed by atoms with van der Waals surface area (Å²) in [5.41, 5.74) is 1.96. The van der Waals surface area contributed by atoms with E-state index in [2.05, 4.69) is 45.0 Å². The van der Waals surface area contributed by atoms with Gasteiger partial charge in [0, 0.05) is 11.9 Å². The normalized spacial score (nSPS) is 21.2. The molecule has 1 aliphatic rings. The van der Waals surface area contributed by atoms with E-state index in [9.17, 15) is 24.6 Å². The average molecular weight is 583 g/mol. The first-order chi connectivity index (χ1) is 17.6. The Morgan fingerprint density at radius 3 is 2.32 bits per heavy atom. The second-order valence-corrected chi connectivity index (χ2v) is 9.08. The Balaban J connectivity index is 0.000000264. The zero-order valence-electron chi connectivity index (χ0n) is 21.3. The van der Waals surface area contributed by atoms with E-state index in [-0.39, 0.29) is 11.5 Å². The van der Waals surface area contributed by atoms with E-state index < -0.39 is 42.4 Å². The van der Waals surface area contributed by atoms with Crippen molar-refractivity contribution in [2.24, 2.45) is 0 Å². The molecule has 1 aromatic carbocycles. The zero-order chi connectivity index (χ0) is 27.7. The standard InChI is InChI=1S/C14H22N2O.C11H13BrN2O6/c1-5-16(6-2)10-13(17)15-14-11(3)8-7-9-12(14)4;12-2-1-5-3-14(11(19)13-9(5)18)10-8(17)7(16)6(4-15)20-10/h7-9H,5-6,10H2,1-4H3,(H,15,17);1-3,6-8,10,15-17H,4H2,(H,13,18,19)/b;2-1+/t;6-,7-,8+,10-/m.1/s1. The first-order valence-electron chi connectivity index (χ1n) is 11.9. The largest absolute Gasteiger partial charge is 0.394 e. The van der Waals surface area contributed by atoms with Crippen molar-refractivity contribution in [1.82, 2.24) is 14.5 Å². The maximum absolute atomic E-state index is 11.9. The van der Waals surface area contributed by atoms with E-state index in [0.717, 1.165) is 34.5 Å². The molecule has 3 rings (SSSR count). The number of ether oxygens (including phenoxy) is 1. The van der Waals surface area contributed by atoms with E-state index in [1.807, 2.05) is 32.0 Å². The summed E-state index contributed by atoms with van der Waals surface area (Å²) < 4.78 is 6.20. The molecule has 4 atom stereocenters. The Morgan fingerprint density at radius 1 is 1.19 bits per heavy atom. The van der Waals surface area contributed by atoms with E-state index in [4.69, 9.17) is 9.84 Å². The average Bonchev–Trinajstić information content (AvgIpc) is 3.15. The number of rotatable bonds is 8. The number of aliphatic hydroxyl groups excluding tert-OH is 3. The summed E-state index contributed by atoms with van der Waals surface area (Å²) in [4.78, 5) is 40.8. The van der Waals surface area contributed by atoms with Gasteiger partial charge in [0.1, 0.15) is 18.3 Å². The molecular formula is C25H35BrN4O7. The van der Waals surface area contributed by atoms with Gasteiger partial charge >= 0.3 is 5.69 Å². The van der Waals surface area contributed by atoms with Gasteiger partial charge in [-0.1, -0.05) is 48.0 Å². The molecule has 0 radical (unpaired) electrons.